The highest BCUT2D eigenvalue weighted by Gasteiger charge is 2.28. The molecule has 0 bridgehead atoms. The molecule has 3 aromatic heterocycles. The van der Waals surface area contributed by atoms with Gasteiger partial charge in [0.2, 0.25) is 5.50 Å². The standard InChI is InChI=1S/C14H16N5O4P/c15-12-11-14(17-7-16-12)19(8-3-1-2-4-8)13(18-11)9-5-6-10(23-9)24(20,21)22/h5-8H,1-4H2,(H2,15,16,17)(H2,20,21,22). The topological polar surface area (TPSA) is 140 Å². The monoisotopic (exact) mass is 349 g/mol. The molecule has 1 aliphatic carbocycles. The van der Waals surface area contributed by atoms with E-state index in [4.69, 9.17) is 10.2 Å². The van der Waals surface area contributed by atoms with Gasteiger partial charge in [-0.1, -0.05) is 12.8 Å². The number of imidazole rings is 1. The average Bonchev–Trinajstić information content (AvgIpc) is 3.25. The maximum atomic E-state index is 11.4. The van der Waals surface area contributed by atoms with Crippen LogP contribution in [0.2, 0.25) is 0 Å². The summed E-state index contributed by atoms with van der Waals surface area (Å²) in [7, 11) is -4.46. The van der Waals surface area contributed by atoms with E-state index in [9.17, 15) is 14.4 Å². The molecule has 126 valence electrons. The van der Waals surface area contributed by atoms with Crippen LogP contribution in [0.4, 0.5) is 5.82 Å². The van der Waals surface area contributed by atoms with Gasteiger partial charge in [-0.05, 0) is 25.0 Å². The van der Waals surface area contributed by atoms with Crippen LogP contribution in [0.3, 0.4) is 0 Å². The van der Waals surface area contributed by atoms with Crippen molar-refractivity contribution in [2.75, 3.05) is 5.73 Å². The second kappa shape index (κ2) is 5.41. The van der Waals surface area contributed by atoms with Crippen LogP contribution in [0.25, 0.3) is 22.7 Å². The third-order valence-electron chi connectivity index (χ3n) is 4.29. The maximum Gasteiger partial charge on any atom is 0.391 e. The fourth-order valence-electron chi connectivity index (χ4n) is 3.21. The van der Waals surface area contributed by atoms with E-state index in [0.717, 1.165) is 25.7 Å². The van der Waals surface area contributed by atoms with Crippen molar-refractivity contribution >= 4 is 30.1 Å². The Bertz CT molecular complexity index is 953. The van der Waals surface area contributed by atoms with E-state index in [0.29, 0.717) is 17.0 Å². The molecular weight excluding hydrogens is 333 g/mol. The number of furan rings is 1. The second-order valence-electron chi connectivity index (χ2n) is 5.86. The van der Waals surface area contributed by atoms with E-state index in [2.05, 4.69) is 15.0 Å². The molecule has 0 saturated heterocycles. The minimum absolute atomic E-state index is 0.197. The van der Waals surface area contributed by atoms with Crippen LogP contribution in [0.5, 0.6) is 0 Å². The predicted molar refractivity (Wildman–Crippen MR) is 86.6 cm³/mol. The van der Waals surface area contributed by atoms with Gasteiger partial charge in [0.15, 0.2) is 28.6 Å². The fourth-order valence-corrected chi connectivity index (χ4v) is 3.70. The molecule has 0 aromatic carbocycles. The Balaban J connectivity index is 1.94. The SMILES string of the molecule is Nc1ncnc2c1nc(-c1ccc(P(=O)(O)O)o1)n2C1CCCC1. The highest BCUT2D eigenvalue weighted by Crippen LogP contribution is 2.39. The Labute approximate surface area is 136 Å². The summed E-state index contributed by atoms with van der Waals surface area (Å²) in [6.45, 7) is 0. The van der Waals surface area contributed by atoms with E-state index in [1.165, 1.54) is 18.5 Å². The highest BCUT2D eigenvalue weighted by atomic mass is 31.2. The van der Waals surface area contributed by atoms with Gasteiger partial charge < -0.3 is 24.5 Å². The van der Waals surface area contributed by atoms with Gasteiger partial charge in [-0.15, -0.1) is 0 Å². The molecule has 0 aliphatic heterocycles. The van der Waals surface area contributed by atoms with Gasteiger partial charge in [0.25, 0.3) is 0 Å². The molecule has 0 spiro atoms. The Morgan fingerprint density at radius 3 is 2.67 bits per heavy atom. The summed E-state index contributed by atoms with van der Waals surface area (Å²) in [5.74, 6) is 1.00. The van der Waals surface area contributed by atoms with Gasteiger partial charge in [0.1, 0.15) is 6.33 Å². The van der Waals surface area contributed by atoms with Crippen LogP contribution < -0.4 is 11.2 Å². The summed E-state index contributed by atoms with van der Waals surface area (Å²) in [5.41, 5.74) is 6.60. The number of fused-ring (bicyclic) bond motifs is 1. The molecule has 3 heterocycles. The van der Waals surface area contributed by atoms with Crippen LogP contribution >= 0.6 is 7.60 Å². The first-order chi connectivity index (χ1) is 11.4. The lowest BCUT2D eigenvalue weighted by molar-refractivity contribution is 0.377. The molecule has 1 aliphatic rings. The maximum absolute atomic E-state index is 11.4. The number of nitrogens with zero attached hydrogens (tertiary/aromatic N) is 4. The van der Waals surface area contributed by atoms with E-state index in [-0.39, 0.29) is 23.1 Å². The lowest BCUT2D eigenvalue weighted by atomic mass is 10.2. The number of rotatable bonds is 3. The highest BCUT2D eigenvalue weighted by molar-refractivity contribution is 7.59. The molecule has 24 heavy (non-hydrogen) atoms. The number of hydrogen-bond donors (Lipinski definition) is 3. The molecule has 0 amide bonds. The molecule has 9 nitrogen and oxygen atoms in total. The van der Waals surface area contributed by atoms with Gasteiger partial charge >= 0.3 is 7.60 Å². The van der Waals surface area contributed by atoms with Gasteiger partial charge in [0.05, 0.1) is 0 Å². The first-order valence-corrected chi connectivity index (χ1v) is 9.21. The Morgan fingerprint density at radius 2 is 2.00 bits per heavy atom. The smallest absolute Gasteiger partial charge is 0.391 e. The zero-order valence-electron chi connectivity index (χ0n) is 12.7. The number of anilines is 1. The van der Waals surface area contributed by atoms with Crippen LogP contribution in [-0.4, -0.2) is 29.3 Å². The lowest BCUT2D eigenvalue weighted by Crippen LogP contribution is -2.07. The molecule has 3 aromatic rings. The van der Waals surface area contributed by atoms with Crippen molar-refractivity contribution in [2.24, 2.45) is 0 Å². The zero-order valence-corrected chi connectivity index (χ0v) is 13.6. The van der Waals surface area contributed by atoms with E-state index < -0.39 is 7.60 Å². The third-order valence-corrected chi connectivity index (χ3v) is 5.11. The molecular formula is C14H16N5O4P. The molecule has 0 unspecified atom stereocenters. The zero-order chi connectivity index (χ0) is 16.9. The Kier molecular flexibility index (Phi) is 3.45. The minimum atomic E-state index is -4.46. The molecule has 10 heteroatoms. The van der Waals surface area contributed by atoms with E-state index >= 15 is 0 Å². The third kappa shape index (κ3) is 2.41. The van der Waals surface area contributed by atoms with Crippen molar-refractivity contribution < 1.29 is 18.8 Å². The van der Waals surface area contributed by atoms with Crippen molar-refractivity contribution in [2.45, 2.75) is 31.7 Å². The Morgan fingerprint density at radius 1 is 1.25 bits per heavy atom. The number of nitrogens with two attached hydrogens (primary N) is 1. The average molecular weight is 349 g/mol. The summed E-state index contributed by atoms with van der Waals surface area (Å²) >= 11 is 0. The number of nitrogen functional groups attached to an aromatic ring is 1. The summed E-state index contributed by atoms with van der Waals surface area (Å²) in [6.07, 6.45) is 5.56. The van der Waals surface area contributed by atoms with E-state index in [1.807, 2.05) is 4.57 Å². The lowest BCUT2D eigenvalue weighted by Gasteiger charge is -2.14. The largest absolute Gasteiger partial charge is 0.445 e. The molecule has 0 radical (unpaired) electrons. The second-order valence-corrected chi connectivity index (χ2v) is 7.39. The normalized spacial score (nSPS) is 16.2. The number of hydrogen-bond acceptors (Lipinski definition) is 6. The fraction of sp³-hybridized carbons (Fsp3) is 0.357. The van der Waals surface area contributed by atoms with Crippen LogP contribution in [0.1, 0.15) is 31.7 Å². The summed E-state index contributed by atoms with van der Waals surface area (Å²) < 4.78 is 18.7. The van der Waals surface area contributed by atoms with Gasteiger partial charge in [-0.2, -0.15) is 0 Å². The van der Waals surface area contributed by atoms with Crippen LogP contribution in [0, 0.1) is 0 Å². The quantitative estimate of drug-likeness (QED) is 0.605. The van der Waals surface area contributed by atoms with Crippen molar-refractivity contribution in [1.29, 1.82) is 0 Å². The summed E-state index contributed by atoms with van der Waals surface area (Å²) in [6, 6.07) is 2.97. The van der Waals surface area contributed by atoms with Gasteiger partial charge in [0, 0.05) is 6.04 Å². The van der Waals surface area contributed by atoms with Crippen molar-refractivity contribution in [1.82, 2.24) is 19.5 Å². The van der Waals surface area contributed by atoms with Crippen molar-refractivity contribution in [3.05, 3.63) is 18.5 Å². The molecule has 1 fully saturated rings. The van der Waals surface area contributed by atoms with Crippen LogP contribution in [0.15, 0.2) is 22.9 Å². The Hall–Kier alpha value is -2.22. The first kappa shape index (κ1) is 15.3. The number of aromatic nitrogens is 4. The van der Waals surface area contributed by atoms with Gasteiger partial charge in [-0.25, -0.2) is 15.0 Å². The molecule has 1 saturated carbocycles. The predicted octanol–water partition coefficient (Wildman–Crippen LogP) is 1.59. The summed E-state index contributed by atoms with van der Waals surface area (Å²) in [5, 5.41) is 0. The molecule has 4 rings (SSSR count). The first-order valence-electron chi connectivity index (χ1n) is 7.60. The van der Waals surface area contributed by atoms with Crippen molar-refractivity contribution in [3.8, 4) is 11.6 Å². The van der Waals surface area contributed by atoms with Gasteiger partial charge in [-0.3, -0.25) is 4.57 Å². The van der Waals surface area contributed by atoms with E-state index in [1.54, 1.807) is 0 Å². The summed E-state index contributed by atoms with van der Waals surface area (Å²) in [4.78, 5) is 31.3. The van der Waals surface area contributed by atoms with Crippen LogP contribution in [-0.2, 0) is 4.57 Å². The van der Waals surface area contributed by atoms with Crippen molar-refractivity contribution in [3.63, 3.8) is 0 Å². The molecule has 0 atom stereocenters. The molecule has 4 N–H and O–H groups in total. The minimum Gasteiger partial charge on any atom is -0.445 e.